The molecular weight excluding hydrogens is 671 g/mol. The van der Waals surface area contributed by atoms with Gasteiger partial charge in [-0.15, -0.1) is 0 Å². The molecule has 11 nitrogen and oxygen atoms in total. The summed E-state index contributed by atoms with van der Waals surface area (Å²) >= 11 is 0. The van der Waals surface area contributed by atoms with E-state index in [0.29, 0.717) is 41.7 Å². The number of halogens is 3. The fraction of sp³-hybridized carbons (Fsp3) is 0.368. The zero-order valence-corrected chi connectivity index (χ0v) is 29.5. The lowest BCUT2D eigenvalue weighted by Gasteiger charge is -2.37. The first kappa shape index (κ1) is 35.1. The van der Waals surface area contributed by atoms with Crippen molar-refractivity contribution in [3.63, 3.8) is 0 Å². The third-order valence-corrected chi connectivity index (χ3v) is 10.0. The van der Waals surface area contributed by atoms with Gasteiger partial charge in [-0.25, -0.2) is 33.1 Å². The Bertz CT molecular complexity index is 2150. The number of fused-ring (bicyclic) bond motifs is 1. The van der Waals surface area contributed by atoms with Crippen molar-refractivity contribution in [2.24, 2.45) is 0 Å². The SMILES string of the molecule is Cc1nc2c(F)cc(-c3nc(Nc4ccc(N5CCC(N(C)Cc6ccc(C7CCC(=O)NC7=O)c(F)c6)CC5)cn4)ncc3F)cc2n1C(C)C. The summed E-state index contributed by atoms with van der Waals surface area (Å²) in [6, 6.07) is 12.1. The standard InChI is InChI=1S/C38H40F3N9O2/c1-21(2)50-22(3)44-36-30(40)16-24(17-32(36)50)35-31(41)19-43-38(47-35)45-33-9-6-26(18-42-33)49-13-11-25(12-14-49)48(4)20-23-5-7-27(29(39)15-23)28-8-10-34(51)46-37(28)52/h5-7,9,15-19,21,25,28H,8,10-14,20H2,1-4H3,(H,46,51,52)(H,42,43,45,47). The van der Waals surface area contributed by atoms with Gasteiger partial charge < -0.3 is 14.8 Å². The van der Waals surface area contributed by atoms with Gasteiger partial charge in [-0.3, -0.25) is 19.8 Å². The number of hydrogen-bond acceptors (Lipinski definition) is 9. The second-order valence-corrected chi connectivity index (χ2v) is 13.9. The number of aromatic nitrogens is 5. The number of benzene rings is 2. The molecule has 2 amide bonds. The number of rotatable bonds is 9. The van der Waals surface area contributed by atoms with Crippen LogP contribution in [0.3, 0.4) is 0 Å². The van der Waals surface area contributed by atoms with E-state index in [0.717, 1.165) is 43.4 Å². The van der Waals surface area contributed by atoms with Gasteiger partial charge in [0.05, 0.1) is 29.5 Å². The molecule has 270 valence electrons. The van der Waals surface area contributed by atoms with Crippen molar-refractivity contribution in [2.45, 2.75) is 71.0 Å². The number of piperidine rings is 2. The number of carbonyl (C=O) groups excluding carboxylic acids is 2. The van der Waals surface area contributed by atoms with Crippen LogP contribution >= 0.6 is 0 Å². The highest BCUT2D eigenvalue weighted by Gasteiger charge is 2.30. The number of nitrogens with zero attached hydrogens (tertiary/aromatic N) is 7. The highest BCUT2D eigenvalue weighted by molar-refractivity contribution is 6.01. The highest BCUT2D eigenvalue weighted by Crippen LogP contribution is 2.32. The first-order chi connectivity index (χ1) is 24.9. The number of hydrogen-bond donors (Lipinski definition) is 2. The zero-order valence-electron chi connectivity index (χ0n) is 29.5. The summed E-state index contributed by atoms with van der Waals surface area (Å²) in [5.74, 6) is -1.80. The number of pyridine rings is 1. The molecule has 2 aliphatic rings. The van der Waals surface area contributed by atoms with E-state index in [9.17, 15) is 14.0 Å². The van der Waals surface area contributed by atoms with Crippen molar-refractivity contribution in [1.29, 1.82) is 0 Å². The summed E-state index contributed by atoms with van der Waals surface area (Å²) in [4.78, 5) is 45.6. The molecule has 0 saturated carbocycles. The van der Waals surface area contributed by atoms with Gasteiger partial charge in [0.25, 0.3) is 0 Å². The first-order valence-corrected chi connectivity index (χ1v) is 17.5. The summed E-state index contributed by atoms with van der Waals surface area (Å²) in [7, 11) is 2.04. The average Bonchev–Trinajstić information content (AvgIpc) is 3.46. The Labute approximate surface area is 299 Å². The molecule has 5 heterocycles. The van der Waals surface area contributed by atoms with E-state index < -0.39 is 29.3 Å². The number of aryl methyl sites for hydroxylation is 1. The lowest BCUT2D eigenvalue weighted by molar-refractivity contribution is -0.134. The fourth-order valence-corrected chi connectivity index (χ4v) is 7.37. The molecule has 2 aliphatic heterocycles. The van der Waals surface area contributed by atoms with Gasteiger partial charge in [0, 0.05) is 49.3 Å². The van der Waals surface area contributed by atoms with Crippen molar-refractivity contribution < 1.29 is 22.8 Å². The Hall–Kier alpha value is -5.37. The monoisotopic (exact) mass is 711 g/mol. The van der Waals surface area contributed by atoms with Crippen LogP contribution in [0.5, 0.6) is 0 Å². The first-order valence-electron chi connectivity index (χ1n) is 17.5. The lowest BCUT2D eigenvalue weighted by atomic mass is 9.89. The molecule has 2 aromatic carbocycles. The second-order valence-electron chi connectivity index (χ2n) is 13.9. The van der Waals surface area contributed by atoms with E-state index in [1.807, 2.05) is 50.6 Å². The van der Waals surface area contributed by atoms with Crippen molar-refractivity contribution >= 4 is 40.3 Å². The molecule has 2 saturated heterocycles. The van der Waals surface area contributed by atoms with E-state index in [1.54, 1.807) is 18.3 Å². The quantitative estimate of drug-likeness (QED) is 0.164. The van der Waals surface area contributed by atoms with Crippen molar-refractivity contribution in [3.8, 4) is 11.3 Å². The van der Waals surface area contributed by atoms with Gasteiger partial charge in [0.1, 0.15) is 28.7 Å². The highest BCUT2D eigenvalue weighted by atomic mass is 19.1. The molecule has 0 bridgehead atoms. The van der Waals surface area contributed by atoms with E-state index in [2.05, 4.69) is 40.4 Å². The van der Waals surface area contributed by atoms with Crippen LogP contribution in [-0.2, 0) is 16.1 Å². The van der Waals surface area contributed by atoms with E-state index in [-0.39, 0.29) is 41.1 Å². The summed E-state index contributed by atoms with van der Waals surface area (Å²) in [6.07, 6.45) is 5.15. The summed E-state index contributed by atoms with van der Waals surface area (Å²) < 4.78 is 47.1. The molecule has 14 heteroatoms. The maximum absolute atomic E-state index is 15.1. The smallest absolute Gasteiger partial charge is 0.234 e. The summed E-state index contributed by atoms with van der Waals surface area (Å²) in [6.45, 7) is 7.96. The Balaban J connectivity index is 0.960. The predicted molar refractivity (Wildman–Crippen MR) is 192 cm³/mol. The Kier molecular flexibility index (Phi) is 9.66. The van der Waals surface area contributed by atoms with Crippen LogP contribution in [0.15, 0.2) is 54.9 Å². The molecule has 3 aromatic heterocycles. The van der Waals surface area contributed by atoms with Gasteiger partial charge in [-0.1, -0.05) is 12.1 Å². The van der Waals surface area contributed by atoms with Crippen LogP contribution in [0.25, 0.3) is 22.3 Å². The summed E-state index contributed by atoms with van der Waals surface area (Å²) in [5.41, 5.74) is 3.15. The maximum atomic E-state index is 15.1. The van der Waals surface area contributed by atoms with E-state index >= 15 is 8.78 Å². The van der Waals surface area contributed by atoms with E-state index in [4.69, 9.17) is 0 Å². The molecule has 1 unspecified atom stereocenters. The second kappa shape index (κ2) is 14.3. The Morgan fingerprint density at radius 3 is 2.42 bits per heavy atom. The molecule has 2 fully saturated rings. The molecule has 5 aromatic rings. The number of anilines is 3. The van der Waals surface area contributed by atoms with Crippen LogP contribution in [-0.4, -0.2) is 67.4 Å². The van der Waals surface area contributed by atoms with Gasteiger partial charge in [0.2, 0.25) is 17.8 Å². The Morgan fingerprint density at radius 1 is 0.942 bits per heavy atom. The predicted octanol–water partition coefficient (Wildman–Crippen LogP) is 6.56. The number of imidazole rings is 1. The number of carbonyl (C=O) groups is 2. The number of imide groups is 1. The van der Waals surface area contributed by atoms with Crippen LogP contribution in [0, 0.1) is 24.4 Å². The maximum Gasteiger partial charge on any atom is 0.234 e. The van der Waals surface area contributed by atoms with Gasteiger partial charge in [0.15, 0.2) is 11.6 Å². The van der Waals surface area contributed by atoms with Crippen molar-refractivity contribution in [2.75, 3.05) is 30.4 Å². The minimum absolute atomic E-state index is 0.0333. The van der Waals surface area contributed by atoms with Crippen LogP contribution in [0.1, 0.15) is 68.4 Å². The minimum Gasteiger partial charge on any atom is -0.370 e. The van der Waals surface area contributed by atoms with Crippen LogP contribution in [0.4, 0.5) is 30.6 Å². The largest absolute Gasteiger partial charge is 0.370 e. The van der Waals surface area contributed by atoms with Crippen molar-refractivity contribution in [3.05, 3.63) is 89.3 Å². The topological polar surface area (TPSA) is 121 Å². The zero-order chi connectivity index (χ0) is 36.7. The lowest BCUT2D eigenvalue weighted by Crippen LogP contribution is -2.43. The molecule has 0 radical (unpaired) electrons. The van der Waals surface area contributed by atoms with Crippen LogP contribution in [0.2, 0.25) is 0 Å². The molecule has 7 rings (SSSR count). The molecule has 2 N–H and O–H groups in total. The molecule has 0 aliphatic carbocycles. The number of nitrogens with one attached hydrogen (secondary N) is 2. The molecule has 52 heavy (non-hydrogen) atoms. The number of amides is 2. The third-order valence-electron chi connectivity index (χ3n) is 10.0. The van der Waals surface area contributed by atoms with Crippen molar-refractivity contribution in [1.82, 2.24) is 34.7 Å². The normalized spacial score (nSPS) is 17.0. The fourth-order valence-electron chi connectivity index (χ4n) is 7.37. The molecule has 0 spiro atoms. The molecular formula is C38H40F3N9O2. The summed E-state index contributed by atoms with van der Waals surface area (Å²) in [5, 5.41) is 5.33. The van der Waals surface area contributed by atoms with Gasteiger partial charge in [-0.2, -0.15) is 0 Å². The van der Waals surface area contributed by atoms with Gasteiger partial charge in [-0.05, 0) is 83.0 Å². The Morgan fingerprint density at radius 2 is 1.73 bits per heavy atom. The van der Waals surface area contributed by atoms with Crippen LogP contribution < -0.4 is 15.5 Å². The minimum atomic E-state index is -0.677. The van der Waals surface area contributed by atoms with E-state index in [1.165, 1.54) is 12.1 Å². The third kappa shape index (κ3) is 7.07. The molecule has 1 atom stereocenters. The van der Waals surface area contributed by atoms with Gasteiger partial charge >= 0.3 is 0 Å². The average molecular weight is 712 g/mol.